The molecule has 1 aromatic rings. The zero-order valence-electron chi connectivity index (χ0n) is 9.17. The van der Waals surface area contributed by atoms with Crippen LogP contribution in [0.15, 0.2) is 24.5 Å². The summed E-state index contributed by atoms with van der Waals surface area (Å²) in [6.07, 6.45) is 5.66. The molecule has 3 rings (SSSR count). The van der Waals surface area contributed by atoms with E-state index in [0.29, 0.717) is 0 Å². The Bertz CT molecular complexity index is 393. The Labute approximate surface area is 94.9 Å². The maximum Gasteiger partial charge on any atom is 0.244 e. The van der Waals surface area contributed by atoms with Crippen molar-refractivity contribution in [1.82, 2.24) is 9.88 Å². The van der Waals surface area contributed by atoms with E-state index in [2.05, 4.69) is 9.88 Å². The number of aromatic nitrogens is 1. The van der Waals surface area contributed by atoms with Gasteiger partial charge in [-0.25, -0.2) is 0 Å². The highest BCUT2D eigenvalue weighted by molar-refractivity contribution is 5.98. The smallest absolute Gasteiger partial charge is 0.244 e. The number of anilines is 1. The quantitative estimate of drug-likeness (QED) is 0.701. The summed E-state index contributed by atoms with van der Waals surface area (Å²) in [6, 6.07) is 3.95. The molecule has 2 aliphatic rings. The molecule has 2 aliphatic heterocycles. The van der Waals surface area contributed by atoms with E-state index < -0.39 is 0 Å². The Balaban J connectivity index is 1.85. The molecule has 0 spiro atoms. The molecule has 0 bridgehead atoms. The first-order chi connectivity index (χ1) is 7.86. The normalized spacial score (nSPS) is 25.9. The van der Waals surface area contributed by atoms with Gasteiger partial charge in [0, 0.05) is 19.3 Å². The molecule has 1 amide bonds. The lowest BCUT2D eigenvalue weighted by Crippen LogP contribution is -2.54. The van der Waals surface area contributed by atoms with Gasteiger partial charge in [0.2, 0.25) is 5.91 Å². The lowest BCUT2D eigenvalue weighted by atomic mass is 10.1. The van der Waals surface area contributed by atoms with Gasteiger partial charge in [0.15, 0.2) is 0 Å². The first-order valence-electron chi connectivity index (χ1n) is 5.82. The van der Waals surface area contributed by atoms with Crippen molar-refractivity contribution in [2.24, 2.45) is 0 Å². The number of nitrogens with zero attached hydrogens (tertiary/aromatic N) is 3. The fourth-order valence-electron chi connectivity index (χ4n) is 2.66. The van der Waals surface area contributed by atoms with Gasteiger partial charge in [0.25, 0.3) is 0 Å². The molecular weight excluding hydrogens is 202 g/mol. The van der Waals surface area contributed by atoms with Crippen molar-refractivity contribution in [2.45, 2.75) is 18.9 Å². The van der Waals surface area contributed by atoms with Crippen LogP contribution in [-0.4, -0.2) is 41.5 Å². The number of carbonyl (C=O) groups excluding carboxylic acids is 1. The summed E-state index contributed by atoms with van der Waals surface area (Å²) < 4.78 is 0. The monoisotopic (exact) mass is 217 g/mol. The van der Waals surface area contributed by atoms with Gasteiger partial charge in [-0.3, -0.25) is 14.7 Å². The van der Waals surface area contributed by atoms with Gasteiger partial charge in [-0.15, -0.1) is 0 Å². The fourth-order valence-corrected chi connectivity index (χ4v) is 2.66. The second-order valence-electron chi connectivity index (χ2n) is 4.40. The maximum absolute atomic E-state index is 12.3. The first-order valence-corrected chi connectivity index (χ1v) is 5.82. The van der Waals surface area contributed by atoms with Crippen LogP contribution < -0.4 is 4.90 Å². The lowest BCUT2D eigenvalue weighted by Gasteiger charge is -2.36. The summed E-state index contributed by atoms with van der Waals surface area (Å²) in [5.41, 5.74) is 0.930. The summed E-state index contributed by atoms with van der Waals surface area (Å²) >= 11 is 0. The van der Waals surface area contributed by atoms with E-state index in [-0.39, 0.29) is 11.9 Å². The SMILES string of the molecule is O=C1[C@@H]2CCCN2CCN1c1cccnc1. The Hall–Kier alpha value is -1.42. The number of rotatable bonds is 1. The number of amides is 1. The van der Waals surface area contributed by atoms with Crippen molar-refractivity contribution >= 4 is 11.6 Å². The Morgan fingerprint density at radius 3 is 3.06 bits per heavy atom. The Kier molecular flexibility index (Phi) is 2.36. The summed E-state index contributed by atoms with van der Waals surface area (Å²) in [6.45, 7) is 2.86. The number of hydrogen-bond donors (Lipinski definition) is 0. The van der Waals surface area contributed by atoms with Crippen molar-refractivity contribution in [3.8, 4) is 0 Å². The minimum absolute atomic E-state index is 0.119. The molecule has 16 heavy (non-hydrogen) atoms. The maximum atomic E-state index is 12.3. The molecule has 0 N–H and O–H groups in total. The summed E-state index contributed by atoms with van der Waals surface area (Å²) in [5.74, 6) is 0.247. The molecule has 84 valence electrons. The minimum Gasteiger partial charge on any atom is -0.308 e. The molecule has 2 saturated heterocycles. The molecule has 4 heteroatoms. The van der Waals surface area contributed by atoms with Gasteiger partial charge >= 0.3 is 0 Å². The molecule has 2 fully saturated rings. The molecule has 1 aromatic heterocycles. The highest BCUT2D eigenvalue weighted by atomic mass is 16.2. The van der Waals surface area contributed by atoms with E-state index >= 15 is 0 Å². The zero-order valence-corrected chi connectivity index (χ0v) is 9.17. The highest BCUT2D eigenvalue weighted by Crippen LogP contribution is 2.25. The molecule has 0 aromatic carbocycles. The molecule has 3 heterocycles. The van der Waals surface area contributed by atoms with E-state index in [1.54, 1.807) is 12.4 Å². The molecule has 0 unspecified atom stereocenters. The van der Waals surface area contributed by atoms with Crippen molar-refractivity contribution in [3.05, 3.63) is 24.5 Å². The first kappa shape index (κ1) is 9.78. The van der Waals surface area contributed by atoms with Crippen LogP contribution in [-0.2, 0) is 4.79 Å². The van der Waals surface area contributed by atoms with Gasteiger partial charge in [-0.2, -0.15) is 0 Å². The van der Waals surface area contributed by atoms with E-state index in [1.807, 2.05) is 17.0 Å². The van der Waals surface area contributed by atoms with Gasteiger partial charge in [-0.05, 0) is 31.5 Å². The predicted molar refractivity (Wildman–Crippen MR) is 61.2 cm³/mol. The van der Waals surface area contributed by atoms with Crippen molar-refractivity contribution < 1.29 is 4.79 Å². The van der Waals surface area contributed by atoms with Crippen LogP contribution >= 0.6 is 0 Å². The van der Waals surface area contributed by atoms with Gasteiger partial charge in [0.05, 0.1) is 17.9 Å². The third-order valence-electron chi connectivity index (χ3n) is 3.48. The largest absolute Gasteiger partial charge is 0.308 e. The summed E-state index contributed by atoms with van der Waals surface area (Å²) in [4.78, 5) is 20.5. The van der Waals surface area contributed by atoms with Crippen molar-refractivity contribution in [2.75, 3.05) is 24.5 Å². The number of carbonyl (C=O) groups is 1. The average molecular weight is 217 g/mol. The summed E-state index contributed by atoms with van der Waals surface area (Å²) in [5, 5.41) is 0. The van der Waals surface area contributed by atoms with Crippen molar-refractivity contribution in [1.29, 1.82) is 0 Å². The van der Waals surface area contributed by atoms with Crippen LogP contribution in [0.25, 0.3) is 0 Å². The highest BCUT2D eigenvalue weighted by Gasteiger charge is 2.37. The van der Waals surface area contributed by atoms with Crippen LogP contribution in [0.5, 0.6) is 0 Å². The van der Waals surface area contributed by atoms with E-state index in [1.165, 1.54) is 0 Å². The number of pyridine rings is 1. The predicted octanol–water partition coefficient (Wildman–Crippen LogP) is 0.893. The Morgan fingerprint density at radius 2 is 2.25 bits per heavy atom. The van der Waals surface area contributed by atoms with Crippen LogP contribution in [0.4, 0.5) is 5.69 Å². The number of piperazine rings is 1. The van der Waals surface area contributed by atoms with Crippen LogP contribution in [0, 0.1) is 0 Å². The van der Waals surface area contributed by atoms with Crippen LogP contribution in [0.3, 0.4) is 0 Å². The zero-order chi connectivity index (χ0) is 11.0. The van der Waals surface area contributed by atoms with Gasteiger partial charge in [-0.1, -0.05) is 0 Å². The molecule has 4 nitrogen and oxygen atoms in total. The standard InChI is InChI=1S/C12H15N3O/c16-12-11-4-2-6-14(11)7-8-15(12)10-3-1-5-13-9-10/h1,3,5,9,11H,2,4,6-8H2/t11-/m0/s1. The third kappa shape index (κ3) is 1.50. The molecule has 1 atom stereocenters. The second-order valence-corrected chi connectivity index (χ2v) is 4.40. The number of fused-ring (bicyclic) bond motifs is 1. The molecule has 0 saturated carbocycles. The fraction of sp³-hybridized carbons (Fsp3) is 0.500. The minimum atomic E-state index is 0.119. The third-order valence-corrected chi connectivity index (χ3v) is 3.48. The van der Waals surface area contributed by atoms with Gasteiger partial charge < -0.3 is 4.90 Å². The summed E-state index contributed by atoms with van der Waals surface area (Å²) in [7, 11) is 0. The van der Waals surface area contributed by atoms with Crippen molar-refractivity contribution in [3.63, 3.8) is 0 Å². The van der Waals surface area contributed by atoms with Gasteiger partial charge in [0.1, 0.15) is 0 Å². The second kappa shape index (κ2) is 3.87. The van der Waals surface area contributed by atoms with E-state index in [4.69, 9.17) is 0 Å². The van der Waals surface area contributed by atoms with E-state index in [9.17, 15) is 4.79 Å². The lowest BCUT2D eigenvalue weighted by molar-refractivity contribution is -0.124. The molecule has 0 aliphatic carbocycles. The Morgan fingerprint density at radius 1 is 1.31 bits per heavy atom. The number of hydrogen-bond acceptors (Lipinski definition) is 3. The molecule has 0 radical (unpaired) electrons. The van der Waals surface area contributed by atoms with Crippen LogP contribution in [0.2, 0.25) is 0 Å². The average Bonchev–Trinajstić information content (AvgIpc) is 2.80. The van der Waals surface area contributed by atoms with E-state index in [0.717, 1.165) is 38.2 Å². The topological polar surface area (TPSA) is 36.4 Å². The molecular formula is C12H15N3O. The van der Waals surface area contributed by atoms with Crippen LogP contribution in [0.1, 0.15) is 12.8 Å².